The number of rotatable bonds is 4. The van der Waals surface area contributed by atoms with E-state index in [0.29, 0.717) is 6.42 Å². The van der Waals surface area contributed by atoms with Crippen molar-refractivity contribution in [1.29, 1.82) is 0 Å². The van der Waals surface area contributed by atoms with Crippen molar-refractivity contribution < 1.29 is 9.90 Å². The highest BCUT2D eigenvalue weighted by atomic mass is 16.4. The molecule has 0 bridgehead atoms. The first-order valence-corrected chi connectivity index (χ1v) is 5.62. The molecular formula is C14H15NO2. The first kappa shape index (κ1) is 11.5. The number of hydrogen-bond donors (Lipinski definition) is 1. The number of carboxylic acid groups (broad SMARTS) is 1. The van der Waals surface area contributed by atoms with Crippen LogP contribution < -0.4 is 0 Å². The quantitative estimate of drug-likeness (QED) is 0.876. The number of aryl methyl sites for hydroxylation is 2. The van der Waals surface area contributed by atoms with Crippen molar-refractivity contribution >= 4 is 5.97 Å². The second-order valence-corrected chi connectivity index (χ2v) is 4.10. The van der Waals surface area contributed by atoms with Gasteiger partial charge in [0.25, 0.3) is 0 Å². The van der Waals surface area contributed by atoms with Gasteiger partial charge in [-0.1, -0.05) is 17.7 Å². The zero-order valence-electron chi connectivity index (χ0n) is 9.76. The molecule has 0 spiro atoms. The fourth-order valence-corrected chi connectivity index (χ4v) is 1.81. The Hall–Kier alpha value is -2.03. The molecule has 0 saturated heterocycles. The van der Waals surface area contributed by atoms with Gasteiger partial charge in [-0.3, -0.25) is 4.79 Å². The fourth-order valence-electron chi connectivity index (χ4n) is 1.81. The van der Waals surface area contributed by atoms with Gasteiger partial charge in [-0.2, -0.15) is 0 Å². The third-order valence-electron chi connectivity index (χ3n) is 2.74. The Morgan fingerprint density at radius 1 is 1.24 bits per heavy atom. The first-order chi connectivity index (χ1) is 8.16. The summed E-state index contributed by atoms with van der Waals surface area (Å²) in [6, 6.07) is 12.1. The number of hydrogen-bond acceptors (Lipinski definition) is 1. The van der Waals surface area contributed by atoms with E-state index < -0.39 is 5.97 Å². The van der Waals surface area contributed by atoms with Crippen molar-refractivity contribution in [2.75, 3.05) is 0 Å². The lowest BCUT2D eigenvalue weighted by atomic mass is 10.2. The van der Waals surface area contributed by atoms with E-state index in [9.17, 15) is 4.79 Å². The maximum Gasteiger partial charge on any atom is 0.303 e. The molecule has 0 aliphatic heterocycles. The van der Waals surface area contributed by atoms with Crippen LogP contribution in [0.3, 0.4) is 0 Å². The minimum Gasteiger partial charge on any atom is -0.481 e. The molecule has 17 heavy (non-hydrogen) atoms. The van der Waals surface area contributed by atoms with Crippen molar-refractivity contribution in [2.24, 2.45) is 0 Å². The Kier molecular flexibility index (Phi) is 3.28. The largest absolute Gasteiger partial charge is 0.481 e. The van der Waals surface area contributed by atoms with Gasteiger partial charge in [0.2, 0.25) is 0 Å². The molecule has 0 saturated carbocycles. The van der Waals surface area contributed by atoms with E-state index in [0.717, 1.165) is 11.4 Å². The number of aromatic nitrogens is 1. The summed E-state index contributed by atoms with van der Waals surface area (Å²) in [5, 5.41) is 8.70. The van der Waals surface area contributed by atoms with Crippen LogP contribution >= 0.6 is 0 Å². The van der Waals surface area contributed by atoms with Gasteiger partial charge in [0.1, 0.15) is 0 Å². The Morgan fingerprint density at radius 2 is 1.94 bits per heavy atom. The van der Waals surface area contributed by atoms with Gasteiger partial charge in [0.15, 0.2) is 0 Å². The molecule has 88 valence electrons. The van der Waals surface area contributed by atoms with Crippen LogP contribution in [0.15, 0.2) is 42.6 Å². The van der Waals surface area contributed by atoms with Crippen molar-refractivity contribution in [3.63, 3.8) is 0 Å². The molecule has 3 nitrogen and oxygen atoms in total. The molecule has 0 aliphatic carbocycles. The number of carboxylic acids is 1. The normalized spacial score (nSPS) is 10.4. The van der Waals surface area contributed by atoms with Gasteiger partial charge in [-0.15, -0.1) is 0 Å². The second-order valence-electron chi connectivity index (χ2n) is 4.10. The zero-order valence-corrected chi connectivity index (χ0v) is 9.76. The van der Waals surface area contributed by atoms with Gasteiger partial charge in [0.05, 0.1) is 6.42 Å². The van der Waals surface area contributed by atoms with E-state index in [1.807, 2.05) is 42.0 Å². The van der Waals surface area contributed by atoms with Crippen molar-refractivity contribution in [3.05, 3.63) is 53.9 Å². The summed E-state index contributed by atoms with van der Waals surface area (Å²) >= 11 is 0. The Bertz CT molecular complexity index is 511. The van der Waals surface area contributed by atoms with Crippen molar-refractivity contribution in [3.8, 4) is 5.69 Å². The van der Waals surface area contributed by atoms with E-state index in [4.69, 9.17) is 5.11 Å². The van der Waals surface area contributed by atoms with Crippen LogP contribution in [0.1, 0.15) is 17.7 Å². The summed E-state index contributed by atoms with van der Waals surface area (Å²) in [7, 11) is 0. The highest BCUT2D eigenvalue weighted by Gasteiger charge is 2.05. The third-order valence-corrected chi connectivity index (χ3v) is 2.74. The number of benzene rings is 1. The molecule has 0 atom stereocenters. The summed E-state index contributed by atoms with van der Waals surface area (Å²) in [6.45, 7) is 2.05. The number of carbonyl (C=O) groups is 1. The van der Waals surface area contributed by atoms with Crippen LogP contribution in [0.5, 0.6) is 0 Å². The van der Waals surface area contributed by atoms with Crippen LogP contribution in [0, 0.1) is 6.92 Å². The standard InChI is InChI=1S/C14H15NO2/c1-11-4-6-13(7-5-11)15-10-2-3-12(15)8-9-14(16)17/h2-7,10H,8-9H2,1H3,(H,16,17). The van der Waals surface area contributed by atoms with Crippen molar-refractivity contribution in [2.45, 2.75) is 19.8 Å². The predicted molar refractivity (Wildman–Crippen MR) is 66.5 cm³/mol. The highest BCUT2D eigenvalue weighted by Crippen LogP contribution is 2.14. The zero-order chi connectivity index (χ0) is 12.3. The van der Waals surface area contributed by atoms with Crippen molar-refractivity contribution in [1.82, 2.24) is 4.57 Å². The fraction of sp³-hybridized carbons (Fsp3) is 0.214. The molecule has 1 heterocycles. The summed E-state index contributed by atoms with van der Waals surface area (Å²) in [4.78, 5) is 10.6. The second kappa shape index (κ2) is 4.87. The molecule has 1 aromatic heterocycles. The van der Waals surface area contributed by atoms with Crippen LogP contribution in [-0.4, -0.2) is 15.6 Å². The van der Waals surface area contributed by atoms with Crippen LogP contribution in [0.4, 0.5) is 0 Å². The summed E-state index contributed by atoms with van der Waals surface area (Å²) in [6.07, 6.45) is 2.67. The van der Waals surface area contributed by atoms with E-state index >= 15 is 0 Å². The molecule has 0 fully saturated rings. The third kappa shape index (κ3) is 2.75. The molecule has 0 unspecified atom stereocenters. The molecule has 0 aliphatic rings. The van der Waals surface area contributed by atoms with E-state index in [2.05, 4.69) is 12.1 Å². The minimum absolute atomic E-state index is 0.163. The van der Waals surface area contributed by atoms with Crippen LogP contribution in [0.2, 0.25) is 0 Å². The SMILES string of the molecule is Cc1ccc(-n2cccc2CCC(=O)O)cc1. The maximum atomic E-state index is 10.6. The lowest BCUT2D eigenvalue weighted by molar-refractivity contribution is -0.136. The summed E-state index contributed by atoms with van der Waals surface area (Å²) in [5.41, 5.74) is 3.31. The van der Waals surface area contributed by atoms with Gasteiger partial charge in [-0.25, -0.2) is 0 Å². The van der Waals surface area contributed by atoms with E-state index in [-0.39, 0.29) is 6.42 Å². The minimum atomic E-state index is -0.762. The Balaban J connectivity index is 2.24. The summed E-state index contributed by atoms with van der Waals surface area (Å²) in [5.74, 6) is -0.762. The monoisotopic (exact) mass is 229 g/mol. The average molecular weight is 229 g/mol. The van der Waals surface area contributed by atoms with Gasteiger partial charge >= 0.3 is 5.97 Å². The summed E-state index contributed by atoms with van der Waals surface area (Å²) < 4.78 is 2.03. The average Bonchev–Trinajstić information content (AvgIpc) is 2.75. The lowest BCUT2D eigenvalue weighted by Gasteiger charge is -2.08. The maximum absolute atomic E-state index is 10.6. The number of nitrogens with zero attached hydrogens (tertiary/aromatic N) is 1. The predicted octanol–water partition coefficient (Wildman–Crippen LogP) is 2.80. The molecule has 0 amide bonds. The topological polar surface area (TPSA) is 42.2 Å². The van der Waals surface area contributed by atoms with Crippen LogP contribution in [-0.2, 0) is 11.2 Å². The van der Waals surface area contributed by atoms with Gasteiger partial charge in [-0.05, 0) is 37.6 Å². The Morgan fingerprint density at radius 3 is 2.59 bits per heavy atom. The highest BCUT2D eigenvalue weighted by molar-refractivity contribution is 5.67. The molecule has 3 heteroatoms. The van der Waals surface area contributed by atoms with Gasteiger partial charge in [0, 0.05) is 17.6 Å². The van der Waals surface area contributed by atoms with Gasteiger partial charge < -0.3 is 9.67 Å². The smallest absolute Gasteiger partial charge is 0.303 e. The first-order valence-electron chi connectivity index (χ1n) is 5.62. The molecular weight excluding hydrogens is 214 g/mol. The molecule has 0 radical (unpaired) electrons. The molecule has 2 rings (SSSR count). The molecule has 1 aromatic carbocycles. The molecule has 2 aromatic rings. The Labute approximate surface area is 100 Å². The van der Waals surface area contributed by atoms with E-state index in [1.165, 1.54) is 5.56 Å². The lowest BCUT2D eigenvalue weighted by Crippen LogP contribution is -2.03. The number of aliphatic carboxylic acids is 1. The molecule has 1 N–H and O–H groups in total. The van der Waals surface area contributed by atoms with E-state index in [1.54, 1.807) is 0 Å². The van der Waals surface area contributed by atoms with Crippen LogP contribution in [0.25, 0.3) is 5.69 Å².